The second-order valence-corrected chi connectivity index (χ2v) is 5.95. The smallest absolute Gasteiger partial charge is 0.223 e. The van der Waals surface area contributed by atoms with Crippen molar-refractivity contribution in [3.05, 3.63) is 70.8 Å². The van der Waals surface area contributed by atoms with Gasteiger partial charge in [-0.1, -0.05) is 36.4 Å². The highest BCUT2D eigenvalue weighted by atomic mass is 16.2. The first-order valence-electron chi connectivity index (χ1n) is 8.05. The van der Waals surface area contributed by atoms with Gasteiger partial charge in [0.05, 0.1) is 11.6 Å². The molecule has 0 aliphatic carbocycles. The van der Waals surface area contributed by atoms with Crippen LogP contribution in [0.1, 0.15) is 39.9 Å². The first kappa shape index (κ1) is 15.9. The van der Waals surface area contributed by atoms with Crippen LogP contribution in [0, 0.1) is 11.3 Å². The van der Waals surface area contributed by atoms with Gasteiger partial charge >= 0.3 is 0 Å². The average Bonchev–Trinajstić information content (AvgIpc) is 2.65. The quantitative estimate of drug-likeness (QED) is 0.814. The molecule has 2 aromatic rings. The molecule has 24 heavy (non-hydrogen) atoms. The molecule has 2 aromatic carbocycles. The van der Waals surface area contributed by atoms with Gasteiger partial charge in [0.15, 0.2) is 5.78 Å². The lowest BCUT2D eigenvalue weighted by Crippen LogP contribution is -2.36. The third-order valence-corrected chi connectivity index (χ3v) is 4.36. The second kappa shape index (κ2) is 7.10. The molecule has 0 saturated heterocycles. The Labute approximate surface area is 141 Å². The zero-order valence-corrected chi connectivity index (χ0v) is 13.4. The van der Waals surface area contributed by atoms with Crippen molar-refractivity contribution in [3.8, 4) is 6.07 Å². The third-order valence-electron chi connectivity index (χ3n) is 4.36. The molecule has 0 radical (unpaired) electrons. The highest BCUT2D eigenvalue weighted by Gasteiger charge is 2.21. The van der Waals surface area contributed by atoms with Gasteiger partial charge in [-0.25, -0.2) is 0 Å². The van der Waals surface area contributed by atoms with Crippen molar-refractivity contribution in [2.75, 3.05) is 6.54 Å². The van der Waals surface area contributed by atoms with E-state index in [2.05, 4.69) is 6.07 Å². The van der Waals surface area contributed by atoms with Gasteiger partial charge in [-0.2, -0.15) is 5.26 Å². The number of amides is 1. The Hall–Kier alpha value is -2.93. The van der Waals surface area contributed by atoms with E-state index in [1.165, 1.54) is 5.56 Å². The number of ketones is 1. The largest absolute Gasteiger partial charge is 0.338 e. The van der Waals surface area contributed by atoms with Crippen molar-refractivity contribution in [1.82, 2.24) is 4.90 Å². The van der Waals surface area contributed by atoms with Gasteiger partial charge < -0.3 is 4.90 Å². The van der Waals surface area contributed by atoms with Gasteiger partial charge in [-0.05, 0) is 29.7 Å². The topological polar surface area (TPSA) is 61.2 Å². The number of hydrogen-bond acceptors (Lipinski definition) is 3. The van der Waals surface area contributed by atoms with E-state index in [0.29, 0.717) is 24.2 Å². The molecular weight excluding hydrogens is 300 g/mol. The van der Waals surface area contributed by atoms with Crippen molar-refractivity contribution < 1.29 is 9.59 Å². The Morgan fingerprint density at radius 2 is 1.83 bits per heavy atom. The number of carbonyl (C=O) groups excluding carboxylic acids is 2. The molecule has 4 heteroatoms. The standard InChI is InChI=1S/C20H18N2O2/c21-13-15-6-7-16-10-11-22(14-18(16)12-15)20(24)9-8-19(23)17-4-2-1-3-5-17/h1-7,12H,8-11,14H2. The summed E-state index contributed by atoms with van der Waals surface area (Å²) in [5, 5.41) is 9.00. The van der Waals surface area contributed by atoms with Crippen LogP contribution in [0.4, 0.5) is 0 Å². The summed E-state index contributed by atoms with van der Waals surface area (Å²) in [5.74, 6) is -0.0135. The molecule has 0 N–H and O–H groups in total. The SMILES string of the molecule is N#Cc1ccc2c(c1)CN(C(=O)CCC(=O)c1ccccc1)CC2. The number of nitrogens with zero attached hydrogens (tertiary/aromatic N) is 2. The summed E-state index contributed by atoms with van der Waals surface area (Å²) in [6, 6.07) is 16.8. The molecule has 1 heterocycles. The number of carbonyl (C=O) groups is 2. The molecule has 0 aromatic heterocycles. The number of hydrogen-bond donors (Lipinski definition) is 0. The van der Waals surface area contributed by atoms with Crippen LogP contribution in [0.25, 0.3) is 0 Å². The Balaban J connectivity index is 1.60. The number of nitriles is 1. The summed E-state index contributed by atoms with van der Waals surface area (Å²) in [7, 11) is 0. The van der Waals surface area contributed by atoms with Crippen LogP contribution in [-0.4, -0.2) is 23.1 Å². The predicted octanol–water partition coefficient (Wildman–Crippen LogP) is 3.11. The van der Waals surface area contributed by atoms with E-state index in [1.807, 2.05) is 36.4 Å². The fourth-order valence-electron chi connectivity index (χ4n) is 2.99. The molecule has 0 unspecified atom stereocenters. The maximum Gasteiger partial charge on any atom is 0.223 e. The third kappa shape index (κ3) is 3.52. The van der Waals surface area contributed by atoms with Gasteiger partial charge in [0.2, 0.25) is 5.91 Å². The Kier molecular flexibility index (Phi) is 4.72. The molecule has 0 atom stereocenters. The Bertz CT molecular complexity index is 806. The number of fused-ring (bicyclic) bond motifs is 1. The summed E-state index contributed by atoms with van der Waals surface area (Å²) in [6.07, 6.45) is 1.24. The molecule has 120 valence electrons. The van der Waals surface area contributed by atoms with Gasteiger partial charge in [0.1, 0.15) is 0 Å². The Morgan fingerprint density at radius 3 is 2.58 bits per heavy atom. The molecular formula is C20H18N2O2. The lowest BCUT2D eigenvalue weighted by Gasteiger charge is -2.29. The lowest BCUT2D eigenvalue weighted by molar-refractivity contribution is -0.132. The number of benzene rings is 2. The van der Waals surface area contributed by atoms with E-state index < -0.39 is 0 Å². The van der Waals surface area contributed by atoms with Crippen LogP contribution in [0.2, 0.25) is 0 Å². The number of Topliss-reactive ketones (excluding diaryl/α,β-unsaturated/α-hetero) is 1. The van der Waals surface area contributed by atoms with Crippen LogP contribution >= 0.6 is 0 Å². The first-order chi connectivity index (χ1) is 11.7. The summed E-state index contributed by atoms with van der Waals surface area (Å²) in [5.41, 5.74) is 3.48. The van der Waals surface area contributed by atoms with Crippen LogP contribution < -0.4 is 0 Å². The number of rotatable bonds is 4. The molecule has 4 nitrogen and oxygen atoms in total. The molecule has 0 fully saturated rings. The van der Waals surface area contributed by atoms with Crippen molar-refractivity contribution in [1.29, 1.82) is 5.26 Å². The second-order valence-electron chi connectivity index (χ2n) is 5.95. The maximum absolute atomic E-state index is 12.4. The normalized spacial score (nSPS) is 13.0. The van der Waals surface area contributed by atoms with E-state index in [-0.39, 0.29) is 24.5 Å². The molecule has 1 amide bonds. The van der Waals surface area contributed by atoms with E-state index in [4.69, 9.17) is 5.26 Å². The fourth-order valence-corrected chi connectivity index (χ4v) is 2.99. The van der Waals surface area contributed by atoms with Crippen molar-refractivity contribution >= 4 is 11.7 Å². The average molecular weight is 318 g/mol. The molecule has 1 aliphatic rings. The van der Waals surface area contributed by atoms with Crippen molar-refractivity contribution in [3.63, 3.8) is 0 Å². The lowest BCUT2D eigenvalue weighted by atomic mass is 9.97. The summed E-state index contributed by atoms with van der Waals surface area (Å²) < 4.78 is 0. The minimum absolute atomic E-state index is 0.00636. The van der Waals surface area contributed by atoms with Crippen LogP contribution in [0.3, 0.4) is 0 Å². The Morgan fingerprint density at radius 1 is 1.04 bits per heavy atom. The van der Waals surface area contributed by atoms with E-state index in [1.54, 1.807) is 17.0 Å². The molecule has 1 aliphatic heterocycles. The predicted molar refractivity (Wildman–Crippen MR) is 90.3 cm³/mol. The minimum Gasteiger partial charge on any atom is -0.338 e. The van der Waals surface area contributed by atoms with Crippen LogP contribution in [0.15, 0.2) is 48.5 Å². The van der Waals surface area contributed by atoms with E-state index in [0.717, 1.165) is 12.0 Å². The minimum atomic E-state index is -0.00714. The summed E-state index contributed by atoms with van der Waals surface area (Å²) in [4.78, 5) is 26.3. The van der Waals surface area contributed by atoms with Gasteiger partial charge in [0, 0.05) is 31.5 Å². The summed E-state index contributed by atoms with van der Waals surface area (Å²) >= 11 is 0. The zero-order valence-electron chi connectivity index (χ0n) is 13.4. The van der Waals surface area contributed by atoms with E-state index in [9.17, 15) is 9.59 Å². The first-order valence-corrected chi connectivity index (χ1v) is 8.05. The molecule has 3 rings (SSSR count). The van der Waals surface area contributed by atoms with E-state index >= 15 is 0 Å². The molecule has 0 saturated carbocycles. The zero-order chi connectivity index (χ0) is 16.9. The van der Waals surface area contributed by atoms with Crippen molar-refractivity contribution in [2.45, 2.75) is 25.8 Å². The highest BCUT2D eigenvalue weighted by Crippen LogP contribution is 2.21. The maximum atomic E-state index is 12.4. The summed E-state index contributed by atoms with van der Waals surface area (Å²) in [6.45, 7) is 1.18. The monoisotopic (exact) mass is 318 g/mol. The molecule has 0 bridgehead atoms. The molecule has 0 spiro atoms. The van der Waals surface area contributed by atoms with Gasteiger partial charge in [0.25, 0.3) is 0 Å². The van der Waals surface area contributed by atoms with Gasteiger partial charge in [-0.3, -0.25) is 9.59 Å². The van der Waals surface area contributed by atoms with Crippen LogP contribution in [0.5, 0.6) is 0 Å². The van der Waals surface area contributed by atoms with Crippen LogP contribution in [-0.2, 0) is 17.8 Å². The van der Waals surface area contributed by atoms with Gasteiger partial charge in [-0.15, -0.1) is 0 Å². The fraction of sp³-hybridized carbons (Fsp3) is 0.250. The highest BCUT2D eigenvalue weighted by molar-refractivity contribution is 5.97. The van der Waals surface area contributed by atoms with Crippen molar-refractivity contribution in [2.24, 2.45) is 0 Å².